The summed E-state index contributed by atoms with van der Waals surface area (Å²) in [5.41, 5.74) is 2.14. The lowest BCUT2D eigenvalue weighted by molar-refractivity contribution is -0.0692. The van der Waals surface area contributed by atoms with Crippen LogP contribution in [0, 0.1) is 0 Å². The van der Waals surface area contributed by atoms with Gasteiger partial charge in [0.1, 0.15) is 18.1 Å². The Bertz CT molecular complexity index is 1050. The number of methoxy groups -OCH3 is 2. The third kappa shape index (κ3) is 7.02. The fourth-order valence-electron chi connectivity index (χ4n) is 5.02. The van der Waals surface area contributed by atoms with E-state index in [1.165, 1.54) is 4.90 Å². The standard InChI is InChI=1S/C28H37ClN2O7/c1-19(29)38-28(33)31-16-24(32)27(21-6-8-22(35-3)9-7-21)26(17-31)37-18-20-5-10-25-23(15-20)30(12-14-36-25)11-4-13-34-2/h5-10,15,19,24,26-27,32H,4,11-14,16-18H2,1-3H3/t19?,24-,26+,27+/m1/s1. The summed E-state index contributed by atoms with van der Waals surface area (Å²) in [5.74, 6) is 1.24. The summed E-state index contributed by atoms with van der Waals surface area (Å²) in [6.45, 7) is 5.29. The Balaban J connectivity index is 1.52. The van der Waals surface area contributed by atoms with Gasteiger partial charge in [-0.25, -0.2) is 4.79 Å². The predicted octanol–water partition coefficient (Wildman–Crippen LogP) is 4.00. The third-order valence-corrected chi connectivity index (χ3v) is 6.96. The van der Waals surface area contributed by atoms with Crippen molar-refractivity contribution < 1.29 is 33.6 Å². The van der Waals surface area contributed by atoms with Crippen molar-refractivity contribution in [1.82, 2.24) is 4.90 Å². The normalized spacial score (nSPS) is 21.9. The number of hydrogen-bond donors (Lipinski definition) is 1. The molecule has 2 aliphatic heterocycles. The number of carbonyl (C=O) groups is 1. The van der Waals surface area contributed by atoms with Crippen molar-refractivity contribution in [3.63, 3.8) is 0 Å². The van der Waals surface area contributed by atoms with E-state index < -0.39 is 23.9 Å². The zero-order chi connectivity index (χ0) is 27.1. The number of halogens is 1. The van der Waals surface area contributed by atoms with Crippen LogP contribution in [-0.4, -0.2) is 87.5 Å². The van der Waals surface area contributed by atoms with E-state index in [1.54, 1.807) is 21.1 Å². The molecule has 2 heterocycles. The molecule has 4 rings (SSSR count). The van der Waals surface area contributed by atoms with Crippen molar-refractivity contribution in [2.24, 2.45) is 0 Å². The molecule has 1 fully saturated rings. The van der Waals surface area contributed by atoms with Crippen molar-refractivity contribution in [2.75, 3.05) is 58.5 Å². The maximum atomic E-state index is 12.6. The molecule has 2 aromatic carbocycles. The van der Waals surface area contributed by atoms with E-state index in [1.807, 2.05) is 36.4 Å². The number of amides is 1. The number of fused-ring (bicyclic) bond motifs is 1. The molecule has 0 spiro atoms. The Hall–Kier alpha value is -2.72. The summed E-state index contributed by atoms with van der Waals surface area (Å²) in [7, 11) is 3.32. The quantitative estimate of drug-likeness (QED) is 0.352. The number of hydrogen-bond acceptors (Lipinski definition) is 8. The number of β-amino-alcohol motifs (C(OH)–C–C–N with tert-alkyl or cyclic N) is 1. The van der Waals surface area contributed by atoms with Gasteiger partial charge >= 0.3 is 6.09 Å². The molecule has 2 aliphatic rings. The monoisotopic (exact) mass is 548 g/mol. The molecule has 0 saturated carbocycles. The Morgan fingerprint density at radius 3 is 2.68 bits per heavy atom. The molecule has 1 N–H and O–H groups in total. The maximum absolute atomic E-state index is 12.6. The Labute approximate surface area is 229 Å². The molecule has 1 unspecified atom stereocenters. The number of anilines is 1. The zero-order valence-electron chi connectivity index (χ0n) is 22.2. The van der Waals surface area contributed by atoms with Gasteiger partial charge in [0.25, 0.3) is 0 Å². The maximum Gasteiger partial charge on any atom is 0.411 e. The first-order chi connectivity index (χ1) is 18.4. The van der Waals surface area contributed by atoms with E-state index in [2.05, 4.69) is 11.0 Å². The van der Waals surface area contributed by atoms with Crippen LogP contribution in [0.2, 0.25) is 0 Å². The molecule has 0 bridgehead atoms. The highest BCUT2D eigenvalue weighted by atomic mass is 35.5. The number of aliphatic hydroxyl groups is 1. The smallest absolute Gasteiger partial charge is 0.411 e. The zero-order valence-corrected chi connectivity index (χ0v) is 22.9. The van der Waals surface area contributed by atoms with Crippen LogP contribution >= 0.6 is 11.6 Å². The summed E-state index contributed by atoms with van der Waals surface area (Å²) in [6.07, 6.45) is -0.984. The SMILES string of the molecule is COCCCN1CCOc2ccc(CO[C@H]3CN(C(=O)OC(C)Cl)C[C@@H](O)[C@@H]3c3ccc(OC)cc3)cc21. The van der Waals surface area contributed by atoms with Crippen molar-refractivity contribution in [1.29, 1.82) is 0 Å². The van der Waals surface area contributed by atoms with Crippen LogP contribution in [0.4, 0.5) is 10.5 Å². The number of benzene rings is 2. The van der Waals surface area contributed by atoms with Crippen LogP contribution in [0.1, 0.15) is 30.4 Å². The van der Waals surface area contributed by atoms with Gasteiger partial charge in [-0.3, -0.25) is 0 Å². The Morgan fingerprint density at radius 1 is 1.18 bits per heavy atom. The number of piperidine rings is 1. The fourth-order valence-corrected chi connectivity index (χ4v) is 5.09. The van der Waals surface area contributed by atoms with Gasteiger partial charge in [0.05, 0.1) is 51.2 Å². The molecule has 38 heavy (non-hydrogen) atoms. The number of rotatable bonds is 10. The molecule has 208 valence electrons. The van der Waals surface area contributed by atoms with E-state index >= 15 is 0 Å². The van der Waals surface area contributed by atoms with Crippen LogP contribution in [0.5, 0.6) is 11.5 Å². The number of aliphatic hydroxyl groups excluding tert-OH is 1. The molecule has 9 nitrogen and oxygen atoms in total. The van der Waals surface area contributed by atoms with E-state index in [0.29, 0.717) is 19.8 Å². The number of carbonyl (C=O) groups excluding carboxylic acids is 1. The highest BCUT2D eigenvalue weighted by Gasteiger charge is 2.40. The molecule has 10 heteroatoms. The molecule has 0 aromatic heterocycles. The molecule has 1 saturated heterocycles. The highest BCUT2D eigenvalue weighted by Crippen LogP contribution is 2.35. The lowest BCUT2D eigenvalue weighted by atomic mass is 9.84. The summed E-state index contributed by atoms with van der Waals surface area (Å²) >= 11 is 5.87. The molecule has 1 amide bonds. The van der Waals surface area contributed by atoms with Crippen LogP contribution in [-0.2, 0) is 20.8 Å². The van der Waals surface area contributed by atoms with Gasteiger partial charge in [-0.05, 0) is 48.7 Å². The first-order valence-corrected chi connectivity index (χ1v) is 13.4. The predicted molar refractivity (Wildman–Crippen MR) is 144 cm³/mol. The number of ether oxygens (including phenoxy) is 5. The second-order valence-corrected chi connectivity index (χ2v) is 10.1. The molecular formula is C28H37ClN2O7. The van der Waals surface area contributed by atoms with Crippen molar-refractivity contribution in [3.05, 3.63) is 53.6 Å². The average Bonchev–Trinajstić information content (AvgIpc) is 2.91. The summed E-state index contributed by atoms with van der Waals surface area (Å²) < 4.78 is 28.0. The van der Waals surface area contributed by atoms with Crippen molar-refractivity contribution in [2.45, 2.75) is 43.6 Å². The van der Waals surface area contributed by atoms with Crippen molar-refractivity contribution >= 4 is 23.4 Å². The molecular weight excluding hydrogens is 512 g/mol. The molecule has 4 atom stereocenters. The van der Waals surface area contributed by atoms with E-state index in [9.17, 15) is 9.90 Å². The van der Waals surface area contributed by atoms with Crippen LogP contribution in [0.15, 0.2) is 42.5 Å². The minimum absolute atomic E-state index is 0.117. The average molecular weight is 549 g/mol. The first kappa shape index (κ1) is 28.3. The van der Waals surface area contributed by atoms with Gasteiger partial charge < -0.3 is 38.6 Å². The summed E-state index contributed by atoms with van der Waals surface area (Å²) in [6, 6.07) is 13.6. The number of alkyl halides is 1. The van der Waals surface area contributed by atoms with E-state index in [-0.39, 0.29) is 19.0 Å². The van der Waals surface area contributed by atoms with Gasteiger partial charge in [0.15, 0.2) is 5.56 Å². The highest BCUT2D eigenvalue weighted by molar-refractivity contribution is 6.19. The Kier molecular flexibility index (Phi) is 9.96. The lowest BCUT2D eigenvalue weighted by Crippen LogP contribution is -2.54. The summed E-state index contributed by atoms with van der Waals surface area (Å²) in [5, 5.41) is 11.1. The van der Waals surface area contributed by atoms with Crippen LogP contribution < -0.4 is 14.4 Å². The minimum atomic E-state index is -0.853. The van der Waals surface area contributed by atoms with Gasteiger partial charge in [0, 0.05) is 26.2 Å². The fraction of sp³-hybridized carbons (Fsp3) is 0.536. The third-order valence-electron chi connectivity index (χ3n) is 6.87. The minimum Gasteiger partial charge on any atom is -0.497 e. The largest absolute Gasteiger partial charge is 0.497 e. The van der Waals surface area contributed by atoms with Crippen LogP contribution in [0.3, 0.4) is 0 Å². The molecule has 0 radical (unpaired) electrons. The second kappa shape index (κ2) is 13.4. The summed E-state index contributed by atoms with van der Waals surface area (Å²) in [4.78, 5) is 16.4. The van der Waals surface area contributed by atoms with Gasteiger partial charge in [-0.15, -0.1) is 0 Å². The van der Waals surface area contributed by atoms with Gasteiger partial charge in [-0.1, -0.05) is 29.8 Å². The number of nitrogens with zero attached hydrogens (tertiary/aromatic N) is 2. The van der Waals surface area contributed by atoms with Gasteiger partial charge in [0.2, 0.25) is 0 Å². The molecule has 0 aliphatic carbocycles. The Morgan fingerprint density at radius 2 is 1.97 bits per heavy atom. The van der Waals surface area contributed by atoms with E-state index in [0.717, 1.165) is 47.8 Å². The topological polar surface area (TPSA) is 89.9 Å². The lowest BCUT2D eigenvalue weighted by Gasteiger charge is -2.41. The van der Waals surface area contributed by atoms with Crippen LogP contribution in [0.25, 0.3) is 0 Å². The van der Waals surface area contributed by atoms with Gasteiger partial charge in [-0.2, -0.15) is 0 Å². The molecule has 2 aromatic rings. The number of likely N-dealkylation sites (tertiary alicyclic amines) is 1. The second-order valence-electron chi connectivity index (χ2n) is 9.53. The van der Waals surface area contributed by atoms with Crippen molar-refractivity contribution in [3.8, 4) is 11.5 Å². The van der Waals surface area contributed by atoms with E-state index in [4.69, 9.17) is 35.3 Å². The first-order valence-electron chi connectivity index (χ1n) is 12.9.